The Labute approximate surface area is 131 Å². The molecule has 0 spiro atoms. The first-order valence-corrected chi connectivity index (χ1v) is 6.72. The van der Waals surface area contributed by atoms with Gasteiger partial charge in [0.1, 0.15) is 11.0 Å². The Morgan fingerprint density at radius 1 is 1.27 bits per heavy atom. The number of aromatic nitrogens is 1. The summed E-state index contributed by atoms with van der Waals surface area (Å²) in [5, 5.41) is 2.67. The Hall–Kier alpha value is -2.47. The molecule has 0 radical (unpaired) electrons. The van der Waals surface area contributed by atoms with Crippen LogP contribution in [0.15, 0.2) is 42.6 Å². The molecule has 0 saturated heterocycles. The van der Waals surface area contributed by atoms with Gasteiger partial charge in [0, 0.05) is 11.9 Å². The van der Waals surface area contributed by atoms with E-state index in [1.54, 1.807) is 0 Å². The van der Waals surface area contributed by atoms with Crippen LogP contribution >= 0.6 is 11.6 Å². The van der Waals surface area contributed by atoms with E-state index in [1.165, 1.54) is 49.5 Å². The van der Waals surface area contributed by atoms with Crippen molar-refractivity contribution in [3.63, 3.8) is 0 Å². The second kappa shape index (κ2) is 7.00. The zero-order chi connectivity index (χ0) is 16.1. The maximum Gasteiger partial charge on any atom is 0.339 e. The number of hydrogen-bond acceptors (Lipinski definition) is 4. The molecule has 22 heavy (non-hydrogen) atoms. The van der Waals surface area contributed by atoms with Gasteiger partial charge in [-0.1, -0.05) is 11.6 Å². The first-order valence-electron chi connectivity index (χ1n) is 6.34. The molecule has 1 heterocycles. The smallest absolute Gasteiger partial charge is 0.339 e. The molecule has 1 N–H and O–H groups in total. The number of rotatable bonds is 4. The van der Waals surface area contributed by atoms with Crippen LogP contribution in [0.25, 0.3) is 0 Å². The first kappa shape index (κ1) is 15.9. The van der Waals surface area contributed by atoms with Crippen LogP contribution in [-0.4, -0.2) is 23.0 Å². The molecule has 1 unspecified atom stereocenters. The lowest BCUT2D eigenvalue weighted by molar-refractivity contribution is -0.123. The number of nitrogens with one attached hydrogen (secondary N) is 1. The van der Waals surface area contributed by atoms with Crippen molar-refractivity contribution >= 4 is 29.2 Å². The van der Waals surface area contributed by atoms with E-state index < -0.39 is 23.8 Å². The zero-order valence-electron chi connectivity index (χ0n) is 11.5. The normalized spacial score (nSPS) is 11.6. The molecule has 0 fully saturated rings. The van der Waals surface area contributed by atoms with E-state index in [1.807, 2.05) is 0 Å². The van der Waals surface area contributed by atoms with E-state index in [0.717, 1.165) is 0 Å². The number of carbonyl (C=O) groups is 2. The second-order valence-electron chi connectivity index (χ2n) is 4.41. The van der Waals surface area contributed by atoms with Crippen LogP contribution < -0.4 is 5.32 Å². The largest absolute Gasteiger partial charge is 0.449 e. The van der Waals surface area contributed by atoms with E-state index in [9.17, 15) is 14.0 Å². The van der Waals surface area contributed by atoms with E-state index in [0.29, 0.717) is 5.69 Å². The number of carbonyl (C=O) groups excluding carboxylic acids is 2. The minimum atomic E-state index is -1.02. The standard InChI is InChI=1S/C15H12ClFN2O3/c1-9(14(20)19-12-4-2-11(17)3-5-12)22-15(21)10-6-7-18-13(16)8-10/h2-9H,1H3,(H,19,20). The van der Waals surface area contributed by atoms with Gasteiger partial charge < -0.3 is 10.1 Å². The maximum atomic E-state index is 12.8. The third kappa shape index (κ3) is 4.26. The highest BCUT2D eigenvalue weighted by Crippen LogP contribution is 2.12. The van der Waals surface area contributed by atoms with Gasteiger partial charge in [0.05, 0.1) is 5.56 Å². The molecule has 1 amide bonds. The average Bonchev–Trinajstić information content (AvgIpc) is 2.49. The first-order chi connectivity index (χ1) is 10.5. The predicted molar refractivity (Wildman–Crippen MR) is 79.2 cm³/mol. The van der Waals surface area contributed by atoms with Crippen molar-refractivity contribution in [3.05, 3.63) is 59.1 Å². The summed E-state index contributed by atoms with van der Waals surface area (Å²) in [5.74, 6) is -1.63. The van der Waals surface area contributed by atoms with Gasteiger partial charge >= 0.3 is 5.97 Å². The van der Waals surface area contributed by atoms with Gasteiger partial charge in [0.15, 0.2) is 6.10 Å². The SMILES string of the molecule is CC(OC(=O)c1ccnc(Cl)c1)C(=O)Nc1ccc(F)cc1. The van der Waals surface area contributed by atoms with Gasteiger partial charge in [0.2, 0.25) is 0 Å². The molecule has 0 aliphatic heterocycles. The van der Waals surface area contributed by atoms with Crippen LogP contribution in [-0.2, 0) is 9.53 Å². The Morgan fingerprint density at radius 3 is 2.59 bits per heavy atom. The predicted octanol–water partition coefficient (Wildman–Crippen LogP) is 3.06. The molecule has 0 saturated carbocycles. The highest BCUT2D eigenvalue weighted by Gasteiger charge is 2.19. The van der Waals surface area contributed by atoms with Crippen molar-refractivity contribution in [1.82, 2.24) is 4.98 Å². The third-order valence-electron chi connectivity index (χ3n) is 2.73. The van der Waals surface area contributed by atoms with Crippen molar-refractivity contribution < 1.29 is 18.7 Å². The summed E-state index contributed by atoms with van der Waals surface area (Å²) in [6.45, 7) is 1.43. The highest BCUT2D eigenvalue weighted by atomic mass is 35.5. The Bertz CT molecular complexity index is 691. The van der Waals surface area contributed by atoms with Gasteiger partial charge in [0.25, 0.3) is 5.91 Å². The minimum Gasteiger partial charge on any atom is -0.449 e. The van der Waals surface area contributed by atoms with Crippen molar-refractivity contribution in [2.24, 2.45) is 0 Å². The number of hydrogen-bond donors (Lipinski definition) is 1. The summed E-state index contributed by atoms with van der Waals surface area (Å²) in [4.78, 5) is 27.5. The summed E-state index contributed by atoms with van der Waals surface area (Å²) in [7, 11) is 0. The number of anilines is 1. The molecule has 5 nitrogen and oxygen atoms in total. The third-order valence-corrected chi connectivity index (χ3v) is 2.93. The average molecular weight is 323 g/mol. The van der Waals surface area contributed by atoms with Crippen molar-refractivity contribution in [2.45, 2.75) is 13.0 Å². The maximum absolute atomic E-state index is 12.8. The van der Waals surface area contributed by atoms with Crippen molar-refractivity contribution in [3.8, 4) is 0 Å². The fourth-order valence-corrected chi connectivity index (χ4v) is 1.76. The molecule has 0 bridgehead atoms. The van der Waals surface area contributed by atoms with Gasteiger partial charge in [-0.15, -0.1) is 0 Å². The van der Waals surface area contributed by atoms with Crippen LogP contribution in [0.5, 0.6) is 0 Å². The topological polar surface area (TPSA) is 68.3 Å². The van der Waals surface area contributed by atoms with E-state index in [2.05, 4.69) is 10.3 Å². The van der Waals surface area contributed by atoms with Crippen molar-refractivity contribution in [1.29, 1.82) is 0 Å². The van der Waals surface area contributed by atoms with E-state index in [4.69, 9.17) is 16.3 Å². The molecule has 7 heteroatoms. The minimum absolute atomic E-state index is 0.151. The molecule has 0 aliphatic rings. The number of ether oxygens (including phenoxy) is 1. The van der Waals surface area contributed by atoms with Gasteiger partial charge in [-0.05, 0) is 43.3 Å². The van der Waals surface area contributed by atoms with Crippen LogP contribution in [0.4, 0.5) is 10.1 Å². The number of pyridine rings is 1. The molecule has 0 aliphatic carbocycles. The van der Waals surface area contributed by atoms with Crippen LogP contribution in [0.2, 0.25) is 5.15 Å². The molecule has 114 valence electrons. The fraction of sp³-hybridized carbons (Fsp3) is 0.133. The highest BCUT2D eigenvalue weighted by molar-refractivity contribution is 6.29. The Balaban J connectivity index is 1.96. The summed E-state index contributed by atoms with van der Waals surface area (Å²) in [6.07, 6.45) is 0.340. The summed E-state index contributed by atoms with van der Waals surface area (Å²) < 4.78 is 17.8. The van der Waals surface area contributed by atoms with Gasteiger partial charge in [-0.2, -0.15) is 0 Å². The lowest BCUT2D eigenvalue weighted by atomic mass is 10.2. The number of nitrogens with zero attached hydrogens (tertiary/aromatic N) is 1. The second-order valence-corrected chi connectivity index (χ2v) is 4.80. The molecular weight excluding hydrogens is 311 g/mol. The quantitative estimate of drug-likeness (QED) is 0.694. The Morgan fingerprint density at radius 2 is 1.95 bits per heavy atom. The molecule has 1 aromatic heterocycles. The Kier molecular flexibility index (Phi) is 5.06. The van der Waals surface area contributed by atoms with Gasteiger partial charge in [-0.3, -0.25) is 4.79 Å². The number of halogens is 2. The van der Waals surface area contributed by atoms with Crippen LogP contribution in [0.1, 0.15) is 17.3 Å². The van der Waals surface area contributed by atoms with Crippen LogP contribution in [0, 0.1) is 5.82 Å². The fourth-order valence-electron chi connectivity index (χ4n) is 1.59. The van der Waals surface area contributed by atoms with Crippen LogP contribution in [0.3, 0.4) is 0 Å². The zero-order valence-corrected chi connectivity index (χ0v) is 12.3. The molecule has 1 atom stereocenters. The molecular formula is C15H12ClFN2O3. The number of esters is 1. The summed E-state index contributed by atoms with van der Waals surface area (Å²) >= 11 is 5.68. The van der Waals surface area contributed by atoms with E-state index in [-0.39, 0.29) is 10.7 Å². The van der Waals surface area contributed by atoms with Crippen molar-refractivity contribution in [2.75, 3.05) is 5.32 Å². The number of benzene rings is 1. The number of amides is 1. The summed E-state index contributed by atoms with van der Waals surface area (Å²) in [5.41, 5.74) is 0.600. The molecule has 2 rings (SSSR count). The summed E-state index contributed by atoms with van der Waals surface area (Å²) in [6, 6.07) is 8.01. The molecule has 2 aromatic rings. The molecule has 1 aromatic carbocycles. The van der Waals surface area contributed by atoms with E-state index >= 15 is 0 Å². The van der Waals surface area contributed by atoms with Gasteiger partial charge in [-0.25, -0.2) is 14.2 Å². The lowest BCUT2D eigenvalue weighted by Gasteiger charge is -2.13. The monoisotopic (exact) mass is 322 g/mol. The lowest BCUT2D eigenvalue weighted by Crippen LogP contribution is -2.30.